The summed E-state index contributed by atoms with van der Waals surface area (Å²) in [4.78, 5) is 11.5. The predicted octanol–water partition coefficient (Wildman–Crippen LogP) is 1.82. The Morgan fingerprint density at radius 3 is 2.93 bits per heavy atom. The number of anilines is 1. The fourth-order valence-corrected chi connectivity index (χ4v) is 1.48. The summed E-state index contributed by atoms with van der Waals surface area (Å²) >= 11 is 2.20. The third-order valence-electron chi connectivity index (χ3n) is 1.89. The monoisotopic (exact) mass is 304 g/mol. The van der Waals surface area contributed by atoms with Crippen molar-refractivity contribution in [2.45, 2.75) is 6.92 Å². The molecule has 0 heterocycles. The summed E-state index contributed by atoms with van der Waals surface area (Å²) in [6.07, 6.45) is 0. The van der Waals surface area contributed by atoms with Crippen molar-refractivity contribution in [2.24, 2.45) is 11.7 Å². The number of amides is 1. The van der Waals surface area contributed by atoms with E-state index in [-0.39, 0.29) is 11.8 Å². The lowest BCUT2D eigenvalue weighted by atomic mass is 10.1. The van der Waals surface area contributed by atoms with Crippen LogP contribution in [0, 0.1) is 9.49 Å². The Labute approximate surface area is 97.2 Å². The van der Waals surface area contributed by atoms with Gasteiger partial charge in [-0.15, -0.1) is 0 Å². The van der Waals surface area contributed by atoms with Crippen molar-refractivity contribution in [2.75, 3.05) is 11.9 Å². The molecule has 0 spiro atoms. The molecule has 1 rings (SSSR count). The molecule has 76 valence electrons. The first kappa shape index (κ1) is 11.5. The Morgan fingerprint density at radius 2 is 2.36 bits per heavy atom. The fraction of sp³-hybridized carbons (Fsp3) is 0.300. The highest BCUT2D eigenvalue weighted by molar-refractivity contribution is 14.1. The molecule has 0 saturated carbocycles. The number of hydrogen-bond acceptors (Lipinski definition) is 2. The molecule has 0 aliphatic heterocycles. The van der Waals surface area contributed by atoms with Gasteiger partial charge in [-0.05, 0) is 40.8 Å². The van der Waals surface area contributed by atoms with Gasteiger partial charge in [-0.1, -0.05) is 13.0 Å². The molecule has 0 aliphatic rings. The van der Waals surface area contributed by atoms with Crippen molar-refractivity contribution in [3.05, 3.63) is 27.8 Å². The smallest absolute Gasteiger partial charge is 0.228 e. The Hall–Kier alpha value is -0.620. The average molecular weight is 304 g/mol. The number of carbonyl (C=O) groups excluding carboxylic acids is 1. The van der Waals surface area contributed by atoms with E-state index in [9.17, 15) is 4.79 Å². The van der Waals surface area contributed by atoms with Gasteiger partial charge < -0.3 is 11.1 Å². The summed E-state index contributed by atoms with van der Waals surface area (Å²) in [5.74, 6) is -0.178. The molecule has 0 radical (unpaired) electrons. The van der Waals surface area contributed by atoms with E-state index in [2.05, 4.69) is 27.9 Å². The van der Waals surface area contributed by atoms with Crippen LogP contribution in [0.15, 0.2) is 24.3 Å². The van der Waals surface area contributed by atoms with Crippen LogP contribution >= 0.6 is 22.6 Å². The molecule has 0 fully saturated rings. The number of hydrogen-bond donors (Lipinski definition) is 2. The zero-order valence-electron chi connectivity index (χ0n) is 7.96. The van der Waals surface area contributed by atoms with Crippen molar-refractivity contribution in [1.82, 2.24) is 0 Å². The summed E-state index contributed by atoms with van der Waals surface area (Å²) in [5.41, 5.74) is 6.22. The van der Waals surface area contributed by atoms with E-state index in [4.69, 9.17) is 5.73 Å². The molecule has 4 heteroatoms. The van der Waals surface area contributed by atoms with Crippen LogP contribution in [-0.4, -0.2) is 12.5 Å². The lowest BCUT2D eigenvalue weighted by Crippen LogP contribution is -2.26. The molecule has 0 aliphatic carbocycles. The van der Waals surface area contributed by atoms with Gasteiger partial charge in [-0.3, -0.25) is 4.79 Å². The first-order chi connectivity index (χ1) is 6.63. The molecule has 3 nitrogen and oxygen atoms in total. The van der Waals surface area contributed by atoms with Gasteiger partial charge in [0.05, 0.1) is 0 Å². The molecule has 0 aromatic heterocycles. The first-order valence-electron chi connectivity index (χ1n) is 4.40. The van der Waals surface area contributed by atoms with Crippen LogP contribution in [0.25, 0.3) is 0 Å². The summed E-state index contributed by atoms with van der Waals surface area (Å²) in [6, 6.07) is 7.66. The molecule has 1 unspecified atom stereocenters. The summed E-state index contributed by atoms with van der Waals surface area (Å²) < 4.78 is 1.10. The normalized spacial score (nSPS) is 12.2. The Kier molecular flexibility index (Phi) is 4.34. The van der Waals surface area contributed by atoms with Crippen molar-refractivity contribution < 1.29 is 4.79 Å². The number of halogens is 1. The SMILES string of the molecule is CC(CN)C(=O)Nc1cccc(I)c1. The van der Waals surface area contributed by atoms with E-state index in [0.29, 0.717) is 6.54 Å². The minimum Gasteiger partial charge on any atom is -0.330 e. The van der Waals surface area contributed by atoms with Crippen molar-refractivity contribution in [3.8, 4) is 0 Å². The lowest BCUT2D eigenvalue weighted by Gasteiger charge is -2.09. The van der Waals surface area contributed by atoms with Gasteiger partial charge in [0.25, 0.3) is 0 Å². The number of nitrogens with two attached hydrogens (primary N) is 1. The molecule has 0 bridgehead atoms. The third-order valence-corrected chi connectivity index (χ3v) is 2.56. The molecular weight excluding hydrogens is 291 g/mol. The average Bonchev–Trinajstić information content (AvgIpc) is 2.16. The van der Waals surface area contributed by atoms with Crippen LogP contribution in [-0.2, 0) is 4.79 Å². The zero-order valence-corrected chi connectivity index (χ0v) is 10.1. The van der Waals surface area contributed by atoms with E-state index < -0.39 is 0 Å². The number of rotatable bonds is 3. The molecule has 1 amide bonds. The van der Waals surface area contributed by atoms with Gasteiger partial charge in [0.1, 0.15) is 0 Å². The maximum absolute atomic E-state index is 11.5. The van der Waals surface area contributed by atoms with Gasteiger partial charge in [0, 0.05) is 21.7 Å². The largest absolute Gasteiger partial charge is 0.330 e. The lowest BCUT2D eigenvalue weighted by molar-refractivity contribution is -0.119. The minimum atomic E-state index is -0.145. The van der Waals surface area contributed by atoms with Crippen LogP contribution < -0.4 is 11.1 Å². The van der Waals surface area contributed by atoms with E-state index in [1.54, 1.807) is 0 Å². The molecule has 1 aromatic carbocycles. The topological polar surface area (TPSA) is 55.1 Å². The fourth-order valence-electron chi connectivity index (χ4n) is 0.939. The van der Waals surface area contributed by atoms with E-state index in [1.807, 2.05) is 31.2 Å². The van der Waals surface area contributed by atoms with Gasteiger partial charge in [-0.2, -0.15) is 0 Å². The quantitative estimate of drug-likeness (QED) is 0.837. The molecule has 1 aromatic rings. The standard InChI is InChI=1S/C10H13IN2O/c1-7(6-12)10(14)13-9-4-2-3-8(11)5-9/h2-5,7H,6,12H2,1H3,(H,13,14). The zero-order chi connectivity index (χ0) is 10.6. The van der Waals surface area contributed by atoms with Crippen molar-refractivity contribution in [1.29, 1.82) is 0 Å². The van der Waals surface area contributed by atoms with Crippen molar-refractivity contribution in [3.63, 3.8) is 0 Å². The van der Waals surface area contributed by atoms with Crippen LogP contribution in [0.5, 0.6) is 0 Å². The molecular formula is C10H13IN2O. The highest BCUT2D eigenvalue weighted by Crippen LogP contribution is 2.13. The highest BCUT2D eigenvalue weighted by atomic mass is 127. The minimum absolute atomic E-state index is 0.0329. The molecule has 0 saturated heterocycles. The predicted molar refractivity (Wildman–Crippen MR) is 66.0 cm³/mol. The van der Waals surface area contributed by atoms with Crippen molar-refractivity contribution >= 4 is 34.2 Å². The van der Waals surface area contributed by atoms with E-state index in [0.717, 1.165) is 9.26 Å². The Morgan fingerprint density at radius 1 is 1.64 bits per heavy atom. The molecule has 1 atom stereocenters. The second kappa shape index (κ2) is 5.31. The maximum Gasteiger partial charge on any atom is 0.228 e. The van der Waals surface area contributed by atoms with Crippen LogP contribution in [0.2, 0.25) is 0 Å². The van der Waals surface area contributed by atoms with E-state index >= 15 is 0 Å². The first-order valence-corrected chi connectivity index (χ1v) is 5.48. The number of benzene rings is 1. The third kappa shape index (κ3) is 3.26. The second-order valence-corrected chi connectivity index (χ2v) is 4.38. The molecule has 3 N–H and O–H groups in total. The van der Waals surface area contributed by atoms with Crippen LogP contribution in [0.3, 0.4) is 0 Å². The molecule has 14 heavy (non-hydrogen) atoms. The van der Waals surface area contributed by atoms with Crippen LogP contribution in [0.4, 0.5) is 5.69 Å². The number of carbonyl (C=O) groups is 1. The van der Waals surface area contributed by atoms with Gasteiger partial charge >= 0.3 is 0 Å². The second-order valence-electron chi connectivity index (χ2n) is 3.14. The van der Waals surface area contributed by atoms with Gasteiger partial charge in [-0.25, -0.2) is 0 Å². The Balaban J connectivity index is 2.65. The number of nitrogens with one attached hydrogen (secondary N) is 1. The summed E-state index contributed by atoms with van der Waals surface area (Å²) in [6.45, 7) is 2.18. The van der Waals surface area contributed by atoms with Gasteiger partial charge in [0.15, 0.2) is 0 Å². The Bertz CT molecular complexity index is 328. The maximum atomic E-state index is 11.5. The van der Waals surface area contributed by atoms with E-state index in [1.165, 1.54) is 0 Å². The summed E-state index contributed by atoms with van der Waals surface area (Å²) in [5, 5.41) is 2.81. The van der Waals surface area contributed by atoms with Crippen LogP contribution in [0.1, 0.15) is 6.92 Å². The summed E-state index contributed by atoms with van der Waals surface area (Å²) in [7, 11) is 0. The van der Waals surface area contributed by atoms with Gasteiger partial charge in [0.2, 0.25) is 5.91 Å². The highest BCUT2D eigenvalue weighted by Gasteiger charge is 2.10.